The zero-order valence-corrected chi connectivity index (χ0v) is 18.9. The molecule has 0 heterocycles. The molecule has 0 aliphatic heterocycles. The molecule has 7 heteroatoms. The van der Waals surface area contributed by atoms with E-state index in [4.69, 9.17) is 4.74 Å². The zero-order valence-electron chi connectivity index (χ0n) is 13.4. The van der Waals surface area contributed by atoms with Crippen molar-refractivity contribution in [2.75, 3.05) is 13.7 Å². The Morgan fingerprint density at radius 1 is 1.43 bits per heavy atom. The van der Waals surface area contributed by atoms with Crippen molar-refractivity contribution in [1.82, 2.24) is 5.32 Å². The number of nitrogens with one attached hydrogen (secondary N) is 1. The number of hydrogen-bond acceptors (Lipinski definition) is 3. The van der Waals surface area contributed by atoms with Gasteiger partial charge in [-0.2, -0.15) is 0 Å². The van der Waals surface area contributed by atoms with E-state index in [0.717, 1.165) is 3.93 Å². The summed E-state index contributed by atoms with van der Waals surface area (Å²) >= 11 is 0.639. The van der Waals surface area contributed by atoms with Gasteiger partial charge in [-0.3, -0.25) is 0 Å². The largest absolute Gasteiger partial charge is 0.412 e. The van der Waals surface area contributed by atoms with Gasteiger partial charge in [0.05, 0.1) is 0 Å². The Labute approximate surface area is 142 Å². The maximum Gasteiger partial charge on any atom is -0.412 e. The normalized spacial score (nSPS) is 28.6. The maximum absolute atomic E-state index is 12.4. The van der Waals surface area contributed by atoms with Crippen LogP contribution in [0.4, 0.5) is 0 Å². The first-order valence-electron chi connectivity index (χ1n) is 7.04. The molecule has 1 amide bonds. The summed E-state index contributed by atoms with van der Waals surface area (Å²) in [4.78, 5) is 23.9. The predicted octanol–water partition coefficient (Wildman–Crippen LogP) is 0.785. The summed E-state index contributed by atoms with van der Waals surface area (Å²) in [7, 11) is 1.66. The van der Waals surface area contributed by atoms with E-state index in [1.165, 1.54) is 0 Å². The smallest absolute Gasteiger partial charge is 0.412 e. The summed E-state index contributed by atoms with van der Waals surface area (Å²) in [5.74, 6) is -1.10. The summed E-state index contributed by atoms with van der Waals surface area (Å²) in [6.07, 6.45) is 1.27. The molecule has 0 aromatic carbocycles. The third kappa shape index (κ3) is 3.96. The Balaban J connectivity index is 0.00000400. The number of carboxylic acid groups (broad SMARTS) is 1. The monoisotopic (exact) mass is 490 g/mol. The molecule has 3 unspecified atom stereocenters. The first-order valence-corrected chi connectivity index (χ1v) is 10.9. The van der Waals surface area contributed by atoms with E-state index >= 15 is 0 Å². The molecule has 0 bridgehead atoms. The summed E-state index contributed by atoms with van der Waals surface area (Å²) in [6, 6.07) is 0. The van der Waals surface area contributed by atoms with Crippen LogP contribution in [0, 0.1) is 16.7 Å². The molecule has 1 rings (SSSR count). The van der Waals surface area contributed by atoms with E-state index in [0.29, 0.717) is 45.5 Å². The van der Waals surface area contributed by atoms with Crippen LogP contribution in [0.15, 0.2) is 0 Å². The van der Waals surface area contributed by atoms with Gasteiger partial charge in [-0.1, -0.05) is 0 Å². The molecule has 3 atom stereocenters. The Morgan fingerprint density at radius 2 is 2.00 bits per heavy atom. The average Bonchev–Trinajstić information content (AvgIpc) is 2.63. The fraction of sp³-hybridized carbons (Fsp3) is 0.857. The molecule has 0 aromatic rings. The molecular weight excluding hydrogens is 463 g/mol. The molecule has 1 saturated carbocycles. The minimum Gasteiger partial charge on any atom is -0.412 e. The number of hydrogen-bond donors (Lipinski definition) is 2. The van der Waals surface area contributed by atoms with Crippen LogP contribution in [0.25, 0.3) is 0 Å². The van der Waals surface area contributed by atoms with Crippen LogP contribution < -0.4 is 5.32 Å². The number of amides is 1. The van der Waals surface area contributed by atoms with Crippen LogP contribution >= 0.6 is 0 Å². The maximum atomic E-state index is 12.4. The Bertz CT molecular complexity index is 384. The van der Waals surface area contributed by atoms with Crippen molar-refractivity contribution < 1.29 is 51.0 Å². The number of carboxylic acids is 1. The molecule has 21 heavy (non-hydrogen) atoms. The summed E-state index contributed by atoms with van der Waals surface area (Å²) in [6.45, 7) is 6.05. The quantitative estimate of drug-likeness (QED) is 0.539. The fourth-order valence-corrected chi connectivity index (χ4v) is 4.69. The van der Waals surface area contributed by atoms with Gasteiger partial charge in [0.2, 0.25) is 0 Å². The van der Waals surface area contributed by atoms with Gasteiger partial charge in [0.1, 0.15) is 0 Å². The van der Waals surface area contributed by atoms with Crippen molar-refractivity contribution in [2.45, 2.75) is 43.6 Å². The molecule has 0 spiro atoms. The third-order valence-corrected chi connectivity index (χ3v) is 7.68. The number of carbonyl (C=O) groups excluding carboxylic acids is 1. The molecule has 119 valence electrons. The average molecular weight is 489 g/mol. The van der Waals surface area contributed by atoms with E-state index in [2.05, 4.69) is 5.32 Å². The molecule has 0 radical (unpaired) electrons. The Kier molecular flexibility index (Phi) is 7.80. The minimum absolute atomic E-state index is 0. The van der Waals surface area contributed by atoms with Gasteiger partial charge < -0.3 is 5.48 Å². The van der Waals surface area contributed by atoms with Crippen LogP contribution in [0.2, 0.25) is 3.93 Å². The van der Waals surface area contributed by atoms with Gasteiger partial charge in [-0.25, -0.2) is 0 Å². The van der Waals surface area contributed by atoms with E-state index < -0.39 is 16.8 Å². The van der Waals surface area contributed by atoms with E-state index in [9.17, 15) is 14.7 Å². The van der Waals surface area contributed by atoms with Gasteiger partial charge >= 0.3 is 137 Å². The third-order valence-electron chi connectivity index (χ3n) is 5.17. The van der Waals surface area contributed by atoms with Crippen molar-refractivity contribution in [3.8, 4) is 0 Å². The number of ether oxygens (including phenoxy) is 1. The molecule has 0 saturated heterocycles. The second-order valence-electron chi connectivity index (χ2n) is 6.34. The van der Waals surface area contributed by atoms with Crippen LogP contribution in [0.3, 0.4) is 0 Å². The topological polar surface area (TPSA) is 107 Å². The molecule has 6 nitrogen and oxygen atoms in total. The predicted molar refractivity (Wildman–Crippen MR) is 74.5 cm³/mol. The Morgan fingerprint density at radius 3 is 2.38 bits per heavy atom. The molecule has 4 N–H and O–H groups in total. The second-order valence-corrected chi connectivity index (χ2v) is 8.59. The summed E-state index contributed by atoms with van der Waals surface area (Å²) < 4.78 is 6.31. The van der Waals surface area contributed by atoms with Crippen LogP contribution in [-0.4, -0.2) is 42.2 Å². The molecule has 1 aliphatic rings. The van der Waals surface area contributed by atoms with Crippen LogP contribution in [-0.2, 0) is 40.4 Å². The van der Waals surface area contributed by atoms with Gasteiger partial charge in [0.15, 0.2) is 0 Å². The van der Waals surface area contributed by atoms with Crippen LogP contribution in [0.5, 0.6) is 0 Å². The molecular formula is C14H26HgNO5. The standard InChI is InChI=1S/C14H24NO4.Hg.H2O/c1-9(19-5)8-15-11(16)10-6-7-14(4,12(17)18)13(10,2)3;;/h9-10H,1,6-8H2,2-5H3,(H,15,16)(H,17,18);;1H2. The number of methoxy groups -OCH3 is 1. The van der Waals surface area contributed by atoms with Gasteiger partial charge in [-0.15, -0.1) is 0 Å². The molecule has 1 aliphatic carbocycles. The van der Waals surface area contributed by atoms with Crippen molar-refractivity contribution in [3.63, 3.8) is 0 Å². The summed E-state index contributed by atoms with van der Waals surface area (Å²) in [5.41, 5.74) is -1.38. The number of aliphatic carboxylic acids is 1. The second kappa shape index (κ2) is 7.88. The van der Waals surface area contributed by atoms with E-state index in [-0.39, 0.29) is 23.4 Å². The summed E-state index contributed by atoms with van der Waals surface area (Å²) in [5, 5.41) is 12.4. The van der Waals surface area contributed by atoms with E-state index in [1.807, 2.05) is 13.8 Å². The first-order chi connectivity index (χ1) is 9.20. The zero-order chi connectivity index (χ0) is 15.6. The van der Waals surface area contributed by atoms with Crippen molar-refractivity contribution >= 4 is 11.9 Å². The number of rotatable bonds is 6. The fourth-order valence-electron chi connectivity index (χ4n) is 2.98. The Hall–Kier alpha value is -0.205. The number of carbonyl (C=O) groups is 2. The van der Waals surface area contributed by atoms with Gasteiger partial charge in [0.25, 0.3) is 0 Å². The van der Waals surface area contributed by atoms with Crippen molar-refractivity contribution in [3.05, 3.63) is 0 Å². The van der Waals surface area contributed by atoms with Gasteiger partial charge in [0, 0.05) is 0 Å². The van der Waals surface area contributed by atoms with Crippen molar-refractivity contribution in [1.29, 1.82) is 0 Å². The molecule has 0 aromatic heterocycles. The van der Waals surface area contributed by atoms with Crippen LogP contribution in [0.1, 0.15) is 33.6 Å². The molecule has 1 fully saturated rings. The minimum atomic E-state index is -0.837. The SMILES string of the molecule is COC([CH2][Hg])CNC(=O)C1CCC(C)(C(=O)O)C1(C)C.O. The van der Waals surface area contributed by atoms with Gasteiger partial charge in [-0.05, 0) is 0 Å². The van der Waals surface area contributed by atoms with Crippen molar-refractivity contribution in [2.24, 2.45) is 16.7 Å². The van der Waals surface area contributed by atoms with E-state index in [1.54, 1.807) is 14.0 Å². The first kappa shape index (κ1) is 20.8.